The van der Waals surface area contributed by atoms with Crippen LogP contribution in [-0.4, -0.2) is 109 Å². The Morgan fingerprint density at radius 3 is 0.616 bits per heavy atom. The summed E-state index contributed by atoms with van der Waals surface area (Å²) in [5.41, 5.74) is 10.9. The Kier molecular flexibility index (Phi) is 29.7. The average molecular weight is 1880 g/mol. The van der Waals surface area contributed by atoms with Gasteiger partial charge in [-0.1, -0.05) is 72.1 Å². The van der Waals surface area contributed by atoms with Crippen molar-refractivity contribution in [2.45, 2.75) is 174 Å². The molecule has 0 atom stereocenters. The third-order valence-corrected chi connectivity index (χ3v) is 28.2. The summed E-state index contributed by atoms with van der Waals surface area (Å²) in [5.74, 6) is -44.5. The lowest BCUT2D eigenvalue weighted by Gasteiger charge is -2.34. The molecule has 44 heteroatoms. The normalized spacial score (nSPS) is 13.6. The molecule has 0 aliphatic heterocycles. The van der Waals surface area contributed by atoms with Crippen LogP contribution >= 0.6 is 23.5 Å². The number of rotatable bonds is 21. The molecule has 0 saturated carbocycles. The first-order valence-electron chi connectivity index (χ1n) is 30.1. The zero-order valence-electron chi connectivity index (χ0n) is 57.3. The Bertz CT molecular complexity index is 4510. The van der Waals surface area contributed by atoms with Crippen LogP contribution in [0.25, 0.3) is 0 Å². The summed E-state index contributed by atoms with van der Waals surface area (Å²) < 4.78 is 409. The Balaban J connectivity index is 0.000000355. The van der Waals surface area contributed by atoms with E-state index in [2.05, 4.69) is 225 Å². The van der Waals surface area contributed by atoms with Crippen LogP contribution in [0.5, 0.6) is 0 Å². The highest BCUT2D eigenvalue weighted by atomic mass is 127. The van der Waals surface area contributed by atoms with Crippen molar-refractivity contribution in [1.29, 1.82) is 0 Å². The van der Waals surface area contributed by atoms with Crippen LogP contribution in [-0.2, 0) is 52.1 Å². The van der Waals surface area contributed by atoms with Crippen molar-refractivity contribution in [3.63, 3.8) is 0 Å². The molecule has 0 aliphatic carbocycles. The summed E-state index contributed by atoms with van der Waals surface area (Å²) in [4.78, 5) is 13.5. The summed E-state index contributed by atoms with van der Waals surface area (Å²) in [5, 5.41) is -21.3. The molecule has 112 heavy (non-hydrogen) atoms. The maximum Gasteiger partial charge on any atom is 0.460 e. The van der Waals surface area contributed by atoms with Gasteiger partial charge in [-0.3, -0.25) is 0 Å². The lowest BCUT2D eigenvalue weighted by atomic mass is 10.1. The van der Waals surface area contributed by atoms with Gasteiger partial charge in [0.05, 0.1) is 21.8 Å². The van der Waals surface area contributed by atoms with Gasteiger partial charge in [-0.2, -0.15) is 119 Å². The highest BCUT2D eigenvalue weighted by Gasteiger charge is 2.86. The van der Waals surface area contributed by atoms with E-state index in [9.17, 15) is 157 Å². The number of hydrogen-bond donors (Lipinski definition) is 0. The second-order valence-corrected chi connectivity index (χ2v) is 36.9. The van der Waals surface area contributed by atoms with Gasteiger partial charge in [-0.25, -0.2) is 25.3 Å². The molecule has 616 valence electrons. The topological polar surface area (TPSA) is 172 Å². The molecule has 8 aromatic rings. The number of alkyl halides is 27. The summed E-state index contributed by atoms with van der Waals surface area (Å²) in [6.07, 6.45) is -21.5. The van der Waals surface area contributed by atoms with Gasteiger partial charge < -0.3 is 13.7 Å². The van der Waals surface area contributed by atoms with Crippen molar-refractivity contribution in [3.8, 4) is 0 Å². The smallest absolute Gasteiger partial charge is 0.460 e. The molecule has 0 fully saturated rings. The quantitative estimate of drug-likeness (QED) is 0.0290. The Labute approximate surface area is 645 Å². The second-order valence-electron chi connectivity index (χ2n) is 23.4. The third kappa shape index (κ3) is 20.0. The predicted molar refractivity (Wildman–Crippen MR) is 351 cm³/mol. The Morgan fingerprint density at radius 2 is 0.446 bits per heavy atom. The Hall–Kier alpha value is -6.27. The van der Waals surface area contributed by atoms with Crippen molar-refractivity contribution >= 4 is 75.7 Å². The first kappa shape index (κ1) is 96.3. The molecule has 9 nitrogen and oxygen atoms in total. The van der Waals surface area contributed by atoms with Crippen molar-refractivity contribution in [2.75, 3.05) is 0 Å². The largest absolute Gasteiger partial charge is 0.743 e. The fourth-order valence-corrected chi connectivity index (χ4v) is 19.0. The van der Waals surface area contributed by atoms with E-state index in [4.69, 9.17) is 0 Å². The summed E-state index contributed by atoms with van der Waals surface area (Å²) in [6, 6.07) is 64.2. The van der Waals surface area contributed by atoms with E-state index in [0.717, 1.165) is 0 Å². The van der Waals surface area contributed by atoms with Gasteiger partial charge in [0, 0.05) is 41.8 Å². The van der Waals surface area contributed by atoms with E-state index in [1.807, 2.05) is 23.5 Å². The van der Waals surface area contributed by atoms with E-state index < -0.39 is 100 Å². The minimum atomic E-state index is -7.43. The summed E-state index contributed by atoms with van der Waals surface area (Å²) in [7, 11) is -22.6. The van der Waals surface area contributed by atoms with Gasteiger partial charge in [-0.15, -0.1) is 0 Å². The van der Waals surface area contributed by atoms with E-state index in [1.165, 1.54) is 101 Å². The fraction of sp³-hybridized carbons (Fsp3) is 0.294. The van der Waals surface area contributed by atoms with Gasteiger partial charge in [0.1, 0.15) is 0 Å². The lowest BCUT2D eigenvalue weighted by molar-refractivity contribution is -0.597. The molecule has 0 spiro atoms. The zero-order valence-corrected chi connectivity index (χ0v) is 65.2. The van der Waals surface area contributed by atoms with Crippen LogP contribution in [0.4, 0.5) is 119 Å². The van der Waals surface area contributed by atoms with Gasteiger partial charge in [0.25, 0.3) is 0 Å². The van der Waals surface area contributed by atoms with Crippen LogP contribution in [0.3, 0.4) is 0 Å². The molecule has 0 aromatic heterocycles. The molecule has 0 N–H and O–H groups in total. The highest BCUT2D eigenvalue weighted by molar-refractivity contribution is 8.00. The van der Waals surface area contributed by atoms with Crippen LogP contribution < -0.4 is 21.2 Å². The van der Waals surface area contributed by atoms with Gasteiger partial charge in [0.15, 0.2) is 66.9 Å². The average Bonchev–Trinajstić information content (AvgIpc) is 0.736. The lowest BCUT2D eigenvalue weighted by Crippen LogP contribution is -3.61. The van der Waals surface area contributed by atoms with Crippen molar-refractivity contribution in [3.05, 3.63) is 222 Å². The van der Waals surface area contributed by atoms with Crippen molar-refractivity contribution in [2.24, 2.45) is 0 Å². The first-order valence-corrected chi connectivity index (χ1v) is 40.6. The molecule has 0 amide bonds. The van der Waals surface area contributed by atoms with Crippen molar-refractivity contribution in [1.82, 2.24) is 0 Å². The summed E-state index contributed by atoms with van der Waals surface area (Å²) >= 11 is 3.42. The van der Waals surface area contributed by atoms with Crippen LogP contribution in [0.15, 0.2) is 219 Å². The molecule has 0 radical (unpaired) electrons. The molecule has 0 saturated heterocycles. The minimum absolute atomic E-state index is 0.172. The van der Waals surface area contributed by atoms with E-state index >= 15 is 0 Å². The first-order chi connectivity index (χ1) is 50.5. The summed E-state index contributed by atoms with van der Waals surface area (Å²) in [6.45, 7) is 18.0. The van der Waals surface area contributed by atoms with E-state index in [0.29, 0.717) is 0 Å². The number of benzene rings is 8. The minimum Gasteiger partial charge on any atom is -0.743 e. The standard InChI is InChI=1S/C56H52IS4.3C4HF9O3S/c1-37-13-9-17-53(41(37)5)60(54-18-10-14-38(2)42(54)6)51-33-29-49(30-34-51)58-47-25-21-45(22-26-47)57-46-23-27-48(28-24-46)59-50-31-35-52(36-32-50)61(55-19-11-15-39(3)43(55)7)56-20-12-16-40(4)44(56)8;3*5-1(6,3(9,10)11)2(7,8)4(12,13)17(14,15)16/h9-36H,1-8H3;3*(H,14,15,16)/q+3;;;/p-3. The molecule has 0 bridgehead atoms. The maximum absolute atomic E-state index is 12.2. The molecular weight excluding hydrogens is 1830 g/mol. The van der Waals surface area contributed by atoms with Crippen LogP contribution in [0.1, 0.15) is 44.5 Å². The number of aryl methyl sites for hydroxylation is 4. The van der Waals surface area contributed by atoms with Gasteiger partial charge in [0.2, 0.25) is 0 Å². The monoisotopic (exact) mass is 1880 g/mol. The molecule has 8 rings (SSSR count). The van der Waals surface area contributed by atoms with Crippen molar-refractivity contribution < 1.29 is 179 Å². The molecule has 0 unspecified atom stereocenters. The Morgan fingerprint density at radius 1 is 0.268 bits per heavy atom. The van der Waals surface area contributed by atoms with Gasteiger partial charge in [-0.05, 0) is 199 Å². The van der Waals surface area contributed by atoms with Crippen LogP contribution in [0, 0.1) is 62.5 Å². The number of halogens is 28. The van der Waals surface area contributed by atoms with Gasteiger partial charge >= 0.3 is 91.0 Å². The van der Waals surface area contributed by atoms with E-state index in [-0.39, 0.29) is 43.0 Å². The SMILES string of the molecule is Cc1cccc([S+](c2ccc(Sc3ccc([I+]c4ccc(Sc5ccc([S+](c6cccc(C)c6C)c6cccc(C)c6C)cc5)cc4)cc3)cc2)c2cccc(C)c2C)c1C.O=S(=O)([O-])C(F)(F)C(F)(F)C(F)(F)C(F)(F)F.O=S(=O)([O-])C(F)(F)C(F)(F)C(F)(F)C(F)(F)F.O=S(=O)([O-])C(F)(F)C(F)(F)C(F)(F)C(F)(F)F. The molecule has 0 heterocycles. The third-order valence-electron chi connectivity index (χ3n) is 15.8. The van der Waals surface area contributed by atoms with E-state index in [1.54, 1.807) is 0 Å². The molecule has 0 aliphatic rings. The predicted octanol–water partition coefficient (Wildman–Crippen LogP) is 18.6. The maximum atomic E-state index is 12.2. The second kappa shape index (κ2) is 34.5. The molecular formula is C68H52F27IO9S7. The van der Waals surface area contributed by atoms with Crippen LogP contribution in [0.2, 0.25) is 0 Å². The highest BCUT2D eigenvalue weighted by Crippen LogP contribution is 2.58. The fourth-order valence-electron chi connectivity index (χ4n) is 8.90. The zero-order chi connectivity index (χ0) is 86.1. The number of hydrogen-bond acceptors (Lipinski definition) is 11. The molecule has 8 aromatic carbocycles.